The highest BCUT2D eigenvalue weighted by molar-refractivity contribution is 7.70. The molecule has 6 rings (SSSR count). The highest BCUT2D eigenvalue weighted by Gasteiger charge is 2.59. The van der Waals surface area contributed by atoms with Gasteiger partial charge in [0.25, 0.3) is 0 Å². The second-order valence-electron chi connectivity index (χ2n) is 12.1. The molecule has 0 saturated carbocycles. The first-order valence-electron chi connectivity index (χ1n) is 14.0. The van der Waals surface area contributed by atoms with Crippen molar-refractivity contribution in [2.24, 2.45) is 11.7 Å². The van der Waals surface area contributed by atoms with Crippen LogP contribution in [-0.2, 0) is 4.74 Å². The van der Waals surface area contributed by atoms with Gasteiger partial charge in [-0.25, -0.2) is 0 Å². The number of benzene rings is 3. The normalized spacial score (nSPS) is 23.8. The van der Waals surface area contributed by atoms with Gasteiger partial charge in [-0.2, -0.15) is 0 Å². The standard InChI is InChI=1S/C30H31NO2P2.C4H10.CH4/c1-29(2,3)35-27-23(21-14-8-5-9-15-21)17-11-19-25(27)33-30(35,31)28-32-24-18-10-16-22(26(24)34-28)20-12-6-4-7-13-20;1-4(2)3;/h4-9,11-15,17-19,28,34H,10,16,31H2,1-3H3;4H,1-3H3;1H4. The number of ether oxygens (including phenoxy) is 2. The zero-order valence-electron chi connectivity index (χ0n) is 24.0. The van der Waals surface area contributed by atoms with Gasteiger partial charge >= 0.3 is 0 Å². The van der Waals surface area contributed by atoms with Crippen LogP contribution in [0, 0.1) is 5.92 Å². The molecule has 2 N–H and O–H groups in total. The molecule has 212 valence electrons. The third kappa shape index (κ3) is 5.94. The summed E-state index contributed by atoms with van der Waals surface area (Å²) in [5.74, 6) is 2.54. The molecule has 0 spiro atoms. The summed E-state index contributed by atoms with van der Waals surface area (Å²) in [7, 11) is -0.460. The molecule has 3 aliphatic rings. The second-order valence-corrected chi connectivity index (χ2v) is 16.6. The molecule has 3 aromatic rings. The Bertz CT molecular complexity index is 1370. The van der Waals surface area contributed by atoms with E-state index in [1.54, 1.807) is 0 Å². The SMILES string of the molecule is C.CC(C)(C)P1c2c(cccc2-c2ccccc2)OC1(N)C1OC2=CCCC(c3ccccc3)=C2P1.CC(C)C. The Labute approximate surface area is 244 Å². The Balaban J connectivity index is 0.000000695. The Kier molecular flexibility index (Phi) is 9.31. The molecule has 3 aromatic carbocycles. The molecule has 3 nitrogen and oxygen atoms in total. The van der Waals surface area contributed by atoms with E-state index in [1.807, 2.05) is 0 Å². The van der Waals surface area contributed by atoms with Crippen LogP contribution in [0.5, 0.6) is 5.75 Å². The summed E-state index contributed by atoms with van der Waals surface area (Å²) in [6, 6.07) is 27.7. The predicted molar refractivity (Wildman–Crippen MR) is 177 cm³/mol. The molecule has 4 atom stereocenters. The Morgan fingerprint density at radius 3 is 2.10 bits per heavy atom. The fourth-order valence-electron chi connectivity index (χ4n) is 5.50. The fourth-order valence-corrected chi connectivity index (χ4v) is 10.9. The third-order valence-electron chi connectivity index (χ3n) is 6.89. The van der Waals surface area contributed by atoms with Gasteiger partial charge in [-0.05, 0) is 66.9 Å². The molecule has 1 fully saturated rings. The van der Waals surface area contributed by atoms with Crippen LogP contribution in [0.3, 0.4) is 0 Å². The summed E-state index contributed by atoms with van der Waals surface area (Å²) >= 11 is 0. The molecule has 1 saturated heterocycles. The van der Waals surface area contributed by atoms with Crippen molar-refractivity contribution < 1.29 is 9.47 Å². The van der Waals surface area contributed by atoms with E-state index in [-0.39, 0.29) is 18.4 Å². The van der Waals surface area contributed by atoms with Crippen LogP contribution in [0.1, 0.15) is 67.4 Å². The maximum Gasteiger partial charge on any atom is 0.222 e. The van der Waals surface area contributed by atoms with Gasteiger partial charge in [-0.15, -0.1) is 0 Å². The highest BCUT2D eigenvalue weighted by atomic mass is 31.1. The van der Waals surface area contributed by atoms with Crippen molar-refractivity contribution in [3.05, 3.63) is 102 Å². The minimum absolute atomic E-state index is 0. The van der Waals surface area contributed by atoms with Gasteiger partial charge in [0.1, 0.15) is 11.5 Å². The van der Waals surface area contributed by atoms with Gasteiger partial charge in [0.2, 0.25) is 5.47 Å². The molecular formula is C35H45NO2P2. The summed E-state index contributed by atoms with van der Waals surface area (Å²) in [5, 5.41) is 2.52. The van der Waals surface area contributed by atoms with Gasteiger partial charge in [-0.3, -0.25) is 5.73 Å². The molecule has 2 heterocycles. The summed E-state index contributed by atoms with van der Waals surface area (Å²) in [4.78, 5) is 0. The van der Waals surface area contributed by atoms with Gasteiger partial charge in [0.15, 0.2) is 5.85 Å². The molecule has 0 bridgehead atoms. The van der Waals surface area contributed by atoms with Crippen LogP contribution in [0.15, 0.2) is 96.0 Å². The van der Waals surface area contributed by atoms with Crippen molar-refractivity contribution in [1.29, 1.82) is 0 Å². The van der Waals surface area contributed by atoms with Crippen LogP contribution < -0.4 is 15.8 Å². The molecule has 2 aliphatic heterocycles. The van der Waals surface area contributed by atoms with E-state index in [0.29, 0.717) is 8.58 Å². The first-order chi connectivity index (χ1) is 18.6. The number of allylic oxidation sites excluding steroid dienone is 3. The van der Waals surface area contributed by atoms with Gasteiger partial charge in [0, 0.05) is 18.5 Å². The number of hydrogen-bond donors (Lipinski definition) is 1. The molecule has 0 aromatic heterocycles. The average Bonchev–Trinajstić information content (AvgIpc) is 3.48. The summed E-state index contributed by atoms with van der Waals surface area (Å²) in [6.07, 6.45) is 4.27. The zero-order chi connectivity index (χ0) is 27.8. The van der Waals surface area contributed by atoms with Crippen molar-refractivity contribution in [3.63, 3.8) is 0 Å². The van der Waals surface area contributed by atoms with Crippen LogP contribution in [0.25, 0.3) is 16.7 Å². The van der Waals surface area contributed by atoms with Crippen molar-refractivity contribution in [2.45, 2.75) is 78.3 Å². The topological polar surface area (TPSA) is 44.5 Å². The smallest absolute Gasteiger partial charge is 0.222 e. The maximum absolute atomic E-state index is 7.37. The largest absolute Gasteiger partial charge is 0.480 e. The van der Waals surface area contributed by atoms with E-state index >= 15 is 0 Å². The van der Waals surface area contributed by atoms with Gasteiger partial charge in [-0.1, -0.05) is 122 Å². The Hall–Kier alpha value is -2.44. The number of nitrogens with two attached hydrogens (primary N) is 1. The van der Waals surface area contributed by atoms with Crippen molar-refractivity contribution in [2.75, 3.05) is 0 Å². The van der Waals surface area contributed by atoms with E-state index in [9.17, 15) is 0 Å². The van der Waals surface area contributed by atoms with Crippen LogP contribution in [-0.4, -0.2) is 16.5 Å². The number of fused-ring (bicyclic) bond motifs is 2. The zero-order valence-corrected chi connectivity index (χ0v) is 25.9. The van der Waals surface area contributed by atoms with E-state index in [0.717, 1.165) is 30.3 Å². The summed E-state index contributed by atoms with van der Waals surface area (Å²) in [5.41, 5.74) is 11.6. The average molecular weight is 574 g/mol. The van der Waals surface area contributed by atoms with Crippen molar-refractivity contribution in [3.8, 4) is 16.9 Å². The Morgan fingerprint density at radius 1 is 0.900 bits per heavy atom. The molecule has 1 aliphatic carbocycles. The van der Waals surface area contributed by atoms with Gasteiger partial charge in [0.05, 0.1) is 0 Å². The second kappa shape index (κ2) is 12.2. The lowest BCUT2D eigenvalue weighted by atomic mass is 9.96. The molecular weight excluding hydrogens is 528 g/mol. The summed E-state index contributed by atoms with van der Waals surface area (Å²) < 4.78 is 13.5. The van der Waals surface area contributed by atoms with Crippen LogP contribution >= 0.6 is 16.5 Å². The molecule has 0 radical (unpaired) electrons. The lowest BCUT2D eigenvalue weighted by molar-refractivity contribution is 0.0538. The van der Waals surface area contributed by atoms with Gasteiger partial charge < -0.3 is 9.47 Å². The predicted octanol–water partition coefficient (Wildman–Crippen LogP) is 9.69. The lowest BCUT2D eigenvalue weighted by Crippen LogP contribution is -2.53. The van der Waals surface area contributed by atoms with Crippen LogP contribution in [0.2, 0.25) is 0 Å². The van der Waals surface area contributed by atoms with E-state index < -0.39 is 13.4 Å². The quantitative estimate of drug-likeness (QED) is 0.317. The molecule has 0 amide bonds. The molecule has 5 heteroatoms. The molecule has 40 heavy (non-hydrogen) atoms. The third-order valence-corrected chi connectivity index (χ3v) is 12.1. The highest BCUT2D eigenvalue weighted by Crippen LogP contribution is 2.69. The Morgan fingerprint density at radius 2 is 1.50 bits per heavy atom. The number of hydrogen-bond acceptors (Lipinski definition) is 3. The first-order valence-corrected chi connectivity index (χ1v) is 16.4. The lowest BCUT2D eigenvalue weighted by Gasteiger charge is -2.41. The van der Waals surface area contributed by atoms with E-state index in [1.165, 1.54) is 32.9 Å². The fraction of sp³-hybridized carbons (Fsp3) is 0.371. The van der Waals surface area contributed by atoms with Crippen molar-refractivity contribution in [1.82, 2.24) is 0 Å². The first kappa shape index (κ1) is 30.5. The summed E-state index contributed by atoms with van der Waals surface area (Å²) in [6.45, 7) is 13.4. The van der Waals surface area contributed by atoms with E-state index in [4.69, 9.17) is 15.2 Å². The maximum atomic E-state index is 7.37. The number of rotatable bonds is 3. The minimum atomic E-state index is -0.911. The monoisotopic (exact) mass is 573 g/mol. The van der Waals surface area contributed by atoms with Crippen LogP contribution in [0.4, 0.5) is 0 Å². The molecule has 4 unspecified atom stereocenters. The minimum Gasteiger partial charge on any atom is -0.480 e. The van der Waals surface area contributed by atoms with Crippen molar-refractivity contribution >= 4 is 27.4 Å². The van der Waals surface area contributed by atoms with E-state index in [2.05, 4.69) is 126 Å².